The van der Waals surface area contributed by atoms with Crippen LogP contribution in [0.5, 0.6) is 5.75 Å². The van der Waals surface area contributed by atoms with E-state index in [1.54, 1.807) is 6.07 Å². The predicted octanol–water partition coefficient (Wildman–Crippen LogP) is 2.57. The first-order valence-electron chi connectivity index (χ1n) is 9.98. The van der Waals surface area contributed by atoms with Crippen molar-refractivity contribution in [3.05, 3.63) is 41.7 Å². The number of amides is 1. The number of morpholine rings is 1. The Morgan fingerprint density at radius 3 is 2.76 bits per heavy atom. The van der Waals surface area contributed by atoms with Crippen LogP contribution in [0.4, 0.5) is 11.6 Å². The fraction of sp³-hybridized carbons (Fsp3) is 0.476. The molecule has 0 atom stereocenters. The predicted molar refractivity (Wildman–Crippen MR) is 113 cm³/mol. The van der Waals surface area contributed by atoms with Crippen molar-refractivity contribution >= 4 is 17.5 Å². The van der Waals surface area contributed by atoms with Gasteiger partial charge in [-0.05, 0) is 39.0 Å². The number of nitrogens with one attached hydrogen (secondary N) is 2. The molecule has 8 nitrogen and oxygen atoms in total. The van der Waals surface area contributed by atoms with Crippen molar-refractivity contribution in [2.75, 3.05) is 50.0 Å². The molecule has 1 aromatic carbocycles. The topological polar surface area (TPSA) is 88.6 Å². The largest absolute Gasteiger partial charge is 0.489 e. The van der Waals surface area contributed by atoms with Gasteiger partial charge in [0.2, 0.25) is 5.95 Å². The molecule has 0 spiro atoms. The maximum Gasteiger partial charge on any atom is 0.274 e. The molecule has 0 aliphatic carbocycles. The number of carbonyl (C=O) groups excluding carboxylic acids is 1. The molecule has 1 amide bonds. The Hall–Kier alpha value is -2.71. The van der Waals surface area contributed by atoms with Crippen molar-refractivity contribution < 1.29 is 14.3 Å². The third kappa shape index (κ3) is 6.40. The van der Waals surface area contributed by atoms with Crippen LogP contribution in [0.25, 0.3) is 0 Å². The third-order valence-corrected chi connectivity index (χ3v) is 4.40. The second-order valence-corrected chi connectivity index (χ2v) is 7.22. The van der Waals surface area contributed by atoms with Gasteiger partial charge in [0.05, 0.1) is 25.0 Å². The number of rotatable bonds is 8. The second kappa shape index (κ2) is 10.2. The standard InChI is InChI=1S/C21H29N5O3/c1-15(2)29-19-7-5-4-6-17(19)24-20(27)18-14-16(3)23-21(25-18)22-8-9-26-10-12-28-13-11-26/h4-7,14-15H,8-13H2,1-3H3,(H,24,27)(H,22,23,25). The Bertz CT molecular complexity index is 822. The van der Waals surface area contributed by atoms with Gasteiger partial charge in [0.25, 0.3) is 5.91 Å². The van der Waals surface area contributed by atoms with Gasteiger partial charge in [0, 0.05) is 31.9 Å². The lowest BCUT2D eigenvalue weighted by atomic mass is 10.2. The minimum absolute atomic E-state index is 0.0108. The molecule has 3 rings (SSSR count). The highest BCUT2D eigenvalue weighted by Crippen LogP contribution is 2.25. The molecule has 1 aromatic heterocycles. The van der Waals surface area contributed by atoms with Crippen molar-refractivity contribution in [2.45, 2.75) is 26.9 Å². The van der Waals surface area contributed by atoms with Crippen LogP contribution >= 0.6 is 0 Å². The van der Waals surface area contributed by atoms with Gasteiger partial charge in [-0.2, -0.15) is 0 Å². The molecule has 0 saturated carbocycles. The van der Waals surface area contributed by atoms with Gasteiger partial charge in [-0.3, -0.25) is 9.69 Å². The molecule has 0 radical (unpaired) electrons. The summed E-state index contributed by atoms with van der Waals surface area (Å²) in [6.45, 7) is 10.7. The molecule has 156 valence electrons. The van der Waals surface area contributed by atoms with Gasteiger partial charge >= 0.3 is 0 Å². The lowest BCUT2D eigenvalue weighted by molar-refractivity contribution is 0.0398. The molecule has 29 heavy (non-hydrogen) atoms. The SMILES string of the molecule is Cc1cc(C(=O)Nc2ccccc2OC(C)C)nc(NCCN2CCOCC2)n1. The third-order valence-electron chi connectivity index (χ3n) is 4.40. The monoisotopic (exact) mass is 399 g/mol. The lowest BCUT2D eigenvalue weighted by Crippen LogP contribution is -2.39. The highest BCUT2D eigenvalue weighted by molar-refractivity contribution is 6.03. The van der Waals surface area contributed by atoms with Crippen LogP contribution in [0.2, 0.25) is 0 Å². The van der Waals surface area contributed by atoms with Crippen molar-refractivity contribution in [1.29, 1.82) is 0 Å². The Morgan fingerprint density at radius 2 is 2.00 bits per heavy atom. The second-order valence-electron chi connectivity index (χ2n) is 7.22. The number of hydrogen-bond donors (Lipinski definition) is 2. The van der Waals surface area contributed by atoms with Gasteiger partial charge in [-0.25, -0.2) is 9.97 Å². The molecule has 2 N–H and O–H groups in total. The van der Waals surface area contributed by atoms with E-state index in [0.29, 0.717) is 29.6 Å². The van der Waals surface area contributed by atoms with Crippen molar-refractivity contribution in [1.82, 2.24) is 14.9 Å². The zero-order valence-corrected chi connectivity index (χ0v) is 17.3. The van der Waals surface area contributed by atoms with Crippen LogP contribution < -0.4 is 15.4 Å². The maximum absolute atomic E-state index is 12.8. The van der Waals surface area contributed by atoms with Crippen LogP contribution in [-0.2, 0) is 4.74 Å². The zero-order valence-electron chi connectivity index (χ0n) is 17.3. The summed E-state index contributed by atoms with van der Waals surface area (Å²) in [5, 5.41) is 6.11. The van der Waals surface area contributed by atoms with Crippen LogP contribution in [0, 0.1) is 6.92 Å². The number of anilines is 2. The zero-order chi connectivity index (χ0) is 20.6. The summed E-state index contributed by atoms with van der Waals surface area (Å²) < 4.78 is 11.1. The number of benzene rings is 1. The first-order valence-corrected chi connectivity index (χ1v) is 9.98. The average Bonchev–Trinajstić information content (AvgIpc) is 2.69. The molecule has 0 unspecified atom stereocenters. The number of hydrogen-bond acceptors (Lipinski definition) is 7. The Balaban J connectivity index is 1.63. The molecule has 1 saturated heterocycles. The van der Waals surface area contributed by atoms with E-state index in [2.05, 4.69) is 25.5 Å². The number of para-hydroxylation sites is 2. The highest BCUT2D eigenvalue weighted by Gasteiger charge is 2.14. The van der Waals surface area contributed by atoms with Gasteiger partial charge in [-0.15, -0.1) is 0 Å². The molecule has 1 aliphatic heterocycles. The fourth-order valence-electron chi connectivity index (χ4n) is 3.03. The van der Waals surface area contributed by atoms with E-state index in [0.717, 1.165) is 38.5 Å². The molecular weight excluding hydrogens is 370 g/mol. The number of aromatic nitrogens is 2. The summed E-state index contributed by atoms with van der Waals surface area (Å²) in [7, 11) is 0. The molecule has 8 heteroatoms. The molecular formula is C21H29N5O3. The Labute approximate surface area is 171 Å². The van der Waals surface area contributed by atoms with E-state index in [9.17, 15) is 4.79 Å². The Kier molecular flexibility index (Phi) is 7.37. The van der Waals surface area contributed by atoms with E-state index < -0.39 is 0 Å². The first-order chi connectivity index (χ1) is 14.0. The number of nitrogens with zero attached hydrogens (tertiary/aromatic N) is 3. The van der Waals surface area contributed by atoms with Gasteiger partial charge in [-0.1, -0.05) is 12.1 Å². The molecule has 1 fully saturated rings. The molecule has 1 aliphatic rings. The molecule has 0 bridgehead atoms. The minimum atomic E-state index is -0.300. The van der Waals surface area contributed by atoms with Gasteiger partial charge in [0.15, 0.2) is 0 Å². The number of carbonyl (C=O) groups is 1. The number of ether oxygens (including phenoxy) is 2. The van der Waals surface area contributed by atoms with E-state index in [1.807, 2.05) is 45.0 Å². The van der Waals surface area contributed by atoms with E-state index in [4.69, 9.17) is 9.47 Å². The van der Waals surface area contributed by atoms with Crippen molar-refractivity contribution in [2.24, 2.45) is 0 Å². The summed E-state index contributed by atoms with van der Waals surface area (Å²) in [5.41, 5.74) is 1.65. The first kappa shape index (κ1) is 21.0. The minimum Gasteiger partial charge on any atom is -0.489 e. The van der Waals surface area contributed by atoms with E-state index >= 15 is 0 Å². The van der Waals surface area contributed by atoms with Crippen molar-refractivity contribution in [3.63, 3.8) is 0 Å². The van der Waals surface area contributed by atoms with Crippen molar-refractivity contribution in [3.8, 4) is 5.75 Å². The highest BCUT2D eigenvalue weighted by atomic mass is 16.5. The normalized spacial score (nSPS) is 14.6. The quantitative estimate of drug-likeness (QED) is 0.705. The van der Waals surface area contributed by atoms with Gasteiger partial charge in [0.1, 0.15) is 11.4 Å². The summed E-state index contributed by atoms with van der Waals surface area (Å²) in [6, 6.07) is 9.05. The van der Waals surface area contributed by atoms with E-state index in [1.165, 1.54) is 0 Å². The average molecular weight is 399 g/mol. The van der Waals surface area contributed by atoms with Crippen LogP contribution in [0.15, 0.2) is 30.3 Å². The maximum atomic E-state index is 12.8. The Morgan fingerprint density at radius 1 is 1.24 bits per heavy atom. The van der Waals surface area contributed by atoms with Crippen LogP contribution in [-0.4, -0.2) is 66.3 Å². The molecule has 2 aromatic rings. The van der Waals surface area contributed by atoms with Crippen LogP contribution in [0.3, 0.4) is 0 Å². The summed E-state index contributed by atoms with van der Waals surface area (Å²) in [4.78, 5) is 23.9. The smallest absolute Gasteiger partial charge is 0.274 e. The fourth-order valence-corrected chi connectivity index (χ4v) is 3.03. The number of aryl methyl sites for hydroxylation is 1. The summed E-state index contributed by atoms with van der Waals surface area (Å²) >= 11 is 0. The molecule has 2 heterocycles. The van der Waals surface area contributed by atoms with Crippen LogP contribution in [0.1, 0.15) is 30.0 Å². The lowest BCUT2D eigenvalue weighted by Gasteiger charge is -2.26. The van der Waals surface area contributed by atoms with Gasteiger partial charge < -0.3 is 20.1 Å². The summed E-state index contributed by atoms with van der Waals surface area (Å²) in [6.07, 6.45) is 0.0108. The summed E-state index contributed by atoms with van der Waals surface area (Å²) in [5.74, 6) is 0.784. The van der Waals surface area contributed by atoms with E-state index in [-0.39, 0.29) is 12.0 Å².